The molecule has 1 aromatic carbocycles. The third kappa shape index (κ3) is 3.27. The van der Waals surface area contributed by atoms with E-state index in [-0.39, 0.29) is 0 Å². The fourth-order valence-electron chi connectivity index (χ4n) is 1.07. The van der Waals surface area contributed by atoms with Crippen LogP contribution in [0.25, 0.3) is 0 Å². The number of anilines is 1. The number of hydrazone groups is 1. The van der Waals surface area contributed by atoms with Gasteiger partial charge in [0.15, 0.2) is 0 Å². The highest BCUT2D eigenvalue weighted by Crippen LogP contribution is 2.10. The van der Waals surface area contributed by atoms with E-state index in [2.05, 4.69) is 5.10 Å². The van der Waals surface area contributed by atoms with Crippen LogP contribution in [0.5, 0.6) is 0 Å². The average Bonchev–Trinajstić information content (AvgIpc) is 2.26. The molecule has 1 aromatic rings. The molecule has 86 valence electrons. The van der Waals surface area contributed by atoms with Crippen molar-refractivity contribution in [2.24, 2.45) is 10.8 Å². The van der Waals surface area contributed by atoms with E-state index in [1.54, 1.807) is 6.21 Å². The number of hydrogen-bond donors (Lipinski definition) is 1. The summed E-state index contributed by atoms with van der Waals surface area (Å²) in [4.78, 5) is 12.7. The van der Waals surface area contributed by atoms with Crippen LogP contribution < -0.4 is 10.6 Å². The molecule has 0 aromatic heterocycles. The van der Waals surface area contributed by atoms with Gasteiger partial charge in [-0.15, -0.1) is 0 Å². The molecule has 2 N–H and O–H groups in total. The van der Waals surface area contributed by atoms with Gasteiger partial charge in [-0.05, 0) is 17.7 Å². The van der Waals surface area contributed by atoms with Crippen molar-refractivity contribution in [3.8, 4) is 0 Å². The average molecular weight is 220 g/mol. The van der Waals surface area contributed by atoms with Crippen LogP contribution in [0.15, 0.2) is 29.4 Å². The SMILES string of the molecule is CN(/N=C/c1ccc(N(C)C)cc1)C(N)=O. The summed E-state index contributed by atoms with van der Waals surface area (Å²) >= 11 is 0. The zero-order chi connectivity index (χ0) is 12.1. The topological polar surface area (TPSA) is 61.9 Å². The van der Waals surface area contributed by atoms with Gasteiger partial charge in [-0.25, -0.2) is 9.80 Å². The second kappa shape index (κ2) is 5.16. The third-order valence-corrected chi connectivity index (χ3v) is 2.11. The van der Waals surface area contributed by atoms with Crippen LogP contribution in [0, 0.1) is 0 Å². The lowest BCUT2D eigenvalue weighted by Crippen LogP contribution is -2.27. The summed E-state index contributed by atoms with van der Waals surface area (Å²) in [6, 6.07) is 7.22. The maximum Gasteiger partial charge on any atom is 0.334 e. The highest BCUT2D eigenvalue weighted by atomic mass is 16.2. The number of benzene rings is 1. The molecule has 0 fully saturated rings. The van der Waals surface area contributed by atoms with Gasteiger partial charge in [0.1, 0.15) is 0 Å². The van der Waals surface area contributed by atoms with Crippen LogP contribution >= 0.6 is 0 Å². The van der Waals surface area contributed by atoms with Crippen LogP contribution in [0.3, 0.4) is 0 Å². The Labute approximate surface area is 95.1 Å². The Balaban J connectivity index is 2.72. The lowest BCUT2D eigenvalue weighted by atomic mass is 10.2. The number of amides is 2. The molecule has 0 atom stereocenters. The van der Waals surface area contributed by atoms with Gasteiger partial charge in [-0.3, -0.25) is 0 Å². The molecule has 0 saturated heterocycles. The van der Waals surface area contributed by atoms with Crippen molar-refractivity contribution in [1.29, 1.82) is 0 Å². The number of nitrogens with two attached hydrogens (primary N) is 1. The van der Waals surface area contributed by atoms with Crippen molar-refractivity contribution in [2.45, 2.75) is 0 Å². The zero-order valence-corrected chi connectivity index (χ0v) is 9.71. The second-order valence-electron chi connectivity index (χ2n) is 3.59. The Morgan fingerprint density at radius 3 is 2.25 bits per heavy atom. The molecule has 0 spiro atoms. The quantitative estimate of drug-likeness (QED) is 0.612. The van der Waals surface area contributed by atoms with E-state index in [0.717, 1.165) is 16.3 Å². The van der Waals surface area contributed by atoms with Gasteiger partial charge >= 0.3 is 6.03 Å². The van der Waals surface area contributed by atoms with Gasteiger partial charge in [0.25, 0.3) is 0 Å². The van der Waals surface area contributed by atoms with E-state index in [1.807, 2.05) is 43.3 Å². The minimum atomic E-state index is -0.582. The molecule has 0 bridgehead atoms. The van der Waals surface area contributed by atoms with Crippen molar-refractivity contribution >= 4 is 17.9 Å². The molecule has 0 aliphatic carbocycles. The van der Waals surface area contributed by atoms with Gasteiger partial charge in [-0.2, -0.15) is 5.10 Å². The lowest BCUT2D eigenvalue weighted by molar-refractivity contribution is 0.220. The Hall–Kier alpha value is -2.04. The van der Waals surface area contributed by atoms with E-state index in [9.17, 15) is 4.79 Å². The molecule has 0 saturated carbocycles. The maximum absolute atomic E-state index is 10.7. The second-order valence-corrected chi connectivity index (χ2v) is 3.59. The molecular formula is C11H16N4O. The van der Waals surface area contributed by atoms with E-state index >= 15 is 0 Å². The molecule has 5 heteroatoms. The first kappa shape index (κ1) is 12.0. The van der Waals surface area contributed by atoms with E-state index in [1.165, 1.54) is 7.05 Å². The summed E-state index contributed by atoms with van der Waals surface area (Å²) in [7, 11) is 5.46. The van der Waals surface area contributed by atoms with Crippen molar-refractivity contribution in [2.75, 3.05) is 26.0 Å². The van der Waals surface area contributed by atoms with Gasteiger partial charge < -0.3 is 10.6 Å². The Bertz CT molecular complexity index is 383. The Morgan fingerprint density at radius 2 is 1.81 bits per heavy atom. The molecule has 0 aliphatic rings. The number of nitrogens with zero attached hydrogens (tertiary/aromatic N) is 3. The molecule has 5 nitrogen and oxygen atoms in total. The first-order chi connectivity index (χ1) is 7.50. The van der Waals surface area contributed by atoms with E-state index in [4.69, 9.17) is 5.73 Å². The van der Waals surface area contributed by atoms with E-state index in [0.29, 0.717) is 0 Å². The highest BCUT2D eigenvalue weighted by Gasteiger charge is 1.98. The first-order valence-electron chi connectivity index (χ1n) is 4.85. The zero-order valence-electron chi connectivity index (χ0n) is 9.71. The molecule has 16 heavy (non-hydrogen) atoms. The summed E-state index contributed by atoms with van der Waals surface area (Å²) in [6.07, 6.45) is 1.59. The number of primary amides is 1. The Kier molecular flexibility index (Phi) is 3.88. The molecule has 1 rings (SSSR count). The van der Waals surface area contributed by atoms with Crippen LogP contribution in [0.1, 0.15) is 5.56 Å². The van der Waals surface area contributed by atoms with Crippen LogP contribution in [-0.4, -0.2) is 38.4 Å². The lowest BCUT2D eigenvalue weighted by Gasteiger charge is -2.11. The van der Waals surface area contributed by atoms with Crippen LogP contribution in [0.2, 0.25) is 0 Å². The van der Waals surface area contributed by atoms with Crippen molar-refractivity contribution in [1.82, 2.24) is 5.01 Å². The number of carbonyl (C=O) groups is 1. The normalized spacial score (nSPS) is 10.4. The summed E-state index contributed by atoms with van der Waals surface area (Å²) in [5.74, 6) is 0. The Morgan fingerprint density at radius 1 is 1.25 bits per heavy atom. The molecule has 0 aliphatic heterocycles. The van der Waals surface area contributed by atoms with Crippen molar-refractivity contribution < 1.29 is 4.79 Å². The minimum absolute atomic E-state index is 0.582. The fraction of sp³-hybridized carbons (Fsp3) is 0.273. The predicted molar refractivity (Wildman–Crippen MR) is 65.7 cm³/mol. The van der Waals surface area contributed by atoms with Crippen molar-refractivity contribution in [3.05, 3.63) is 29.8 Å². The third-order valence-electron chi connectivity index (χ3n) is 2.11. The summed E-state index contributed by atoms with van der Waals surface area (Å²) in [6.45, 7) is 0. The number of carbonyl (C=O) groups excluding carboxylic acids is 1. The maximum atomic E-state index is 10.7. The monoisotopic (exact) mass is 220 g/mol. The fourth-order valence-corrected chi connectivity index (χ4v) is 1.07. The van der Waals surface area contributed by atoms with Crippen LogP contribution in [0.4, 0.5) is 10.5 Å². The number of rotatable bonds is 3. The molecule has 0 unspecified atom stereocenters. The summed E-state index contributed by atoms with van der Waals surface area (Å²) in [5, 5.41) is 4.97. The van der Waals surface area contributed by atoms with Crippen LogP contribution in [-0.2, 0) is 0 Å². The van der Waals surface area contributed by atoms with Gasteiger partial charge in [0.05, 0.1) is 6.21 Å². The first-order valence-corrected chi connectivity index (χ1v) is 4.85. The molecule has 2 amide bonds. The largest absolute Gasteiger partial charge is 0.378 e. The highest BCUT2D eigenvalue weighted by molar-refractivity contribution is 5.82. The summed E-state index contributed by atoms with van der Waals surface area (Å²) < 4.78 is 0. The smallest absolute Gasteiger partial charge is 0.334 e. The number of urea groups is 1. The van der Waals surface area contributed by atoms with E-state index < -0.39 is 6.03 Å². The predicted octanol–water partition coefficient (Wildman–Crippen LogP) is 1.10. The van der Waals surface area contributed by atoms with Crippen molar-refractivity contribution in [3.63, 3.8) is 0 Å². The standard InChI is InChI=1S/C11H16N4O/c1-14(2)10-6-4-9(5-7-10)8-13-15(3)11(12)16/h4-8H,1-3H3,(H2,12,16)/b13-8+. The minimum Gasteiger partial charge on any atom is -0.378 e. The van der Waals surface area contributed by atoms with Gasteiger partial charge in [-0.1, -0.05) is 12.1 Å². The molecule has 0 heterocycles. The molecule has 0 radical (unpaired) electrons. The van der Waals surface area contributed by atoms with Gasteiger partial charge in [0, 0.05) is 26.8 Å². The number of hydrogen-bond acceptors (Lipinski definition) is 3. The van der Waals surface area contributed by atoms with Gasteiger partial charge in [0.2, 0.25) is 0 Å². The summed E-state index contributed by atoms with van der Waals surface area (Å²) in [5.41, 5.74) is 7.06. The molecular weight excluding hydrogens is 204 g/mol.